The van der Waals surface area contributed by atoms with Crippen LogP contribution >= 0.6 is 0 Å². The molecule has 10 heteroatoms. The first-order chi connectivity index (χ1) is 17.4. The number of esters is 1. The van der Waals surface area contributed by atoms with Crippen molar-refractivity contribution >= 4 is 11.7 Å². The first-order valence-electron chi connectivity index (χ1n) is 12.4. The predicted molar refractivity (Wildman–Crippen MR) is 134 cm³/mol. The van der Waals surface area contributed by atoms with Crippen LogP contribution in [0.5, 0.6) is 6.01 Å². The molecule has 0 aromatic carbocycles. The maximum absolute atomic E-state index is 11.7. The van der Waals surface area contributed by atoms with Gasteiger partial charge in [-0.2, -0.15) is 4.98 Å². The van der Waals surface area contributed by atoms with E-state index in [0.717, 1.165) is 42.6 Å². The molecule has 0 radical (unpaired) electrons. The molecule has 3 heterocycles. The Balaban J connectivity index is 1.47. The summed E-state index contributed by atoms with van der Waals surface area (Å²) in [6.07, 6.45) is 7.12. The van der Waals surface area contributed by atoms with Crippen LogP contribution in [-0.4, -0.2) is 53.3 Å². The lowest BCUT2D eigenvalue weighted by Crippen LogP contribution is -2.31. The molecule has 2 unspecified atom stereocenters. The number of methoxy groups -OCH3 is 1. The van der Waals surface area contributed by atoms with E-state index in [4.69, 9.17) is 30.8 Å². The average molecular weight is 497 g/mol. The summed E-state index contributed by atoms with van der Waals surface area (Å²) in [7, 11) is 3.12. The third-order valence-electron chi connectivity index (χ3n) is 7.08. The van der Waals surface area contributed by atoms with E-state index < -0.39 is 0 Å². The first kappa shape index (κ1) is 25.8. The van der Waals surface area contributed by atoms with Crippen LogP contribution in [0.15, 0.2) is 30.1 Å². The zero-order valence-corrected chi connectivity index (χ0v) is 21.3. The van der Waals surface area contributed by atoms with E-state index in [1.165, 1.54) is 18.5 Å². The minimum Gasteiger partial charge on any atom is -0.469 e. The molecule has 2 aliphatic rings. The number of likely N-dealkylation sites (N-methyl/N-ethyl adjacent to an activating group) is 1. The standard InChI is InChI=1S/C26H36N6O4/c1-16-19(23-13-17(10-12-35-23)14-24(33)34-3)7-8-21(30-16)25(27)22(32(2)28)15-36-26-29-11-9-20(31-26)18-5-4-6-18/h7-9,11,17-18,23H,4-6,10,12-15,27-28H2,1-3H3/b25-22-. The van der Waals surface area contributed by atoms with Crippen LogP contribution < -0.4 is 16.3 Å². The zero-order chi connectivity index (χ0) is 25.7. The monoisotopic (exact) mass is 496 g/mol. The van der Waals surface area contributed by atoms with E-state index in [1.54, 1.807) is 13.2 Å². The Morgan fingerprint density at radius 3 is 2.69 bits per heavy atom. The SMILES string of the molecule is COC(=O)CC1CCOC(c2ccc(/C(N)=C(\COc3nccc(C4CCC4)n3)N(C)N)nc2C)C1. The molecule has 1 aliphatic heterocycles. The summed E-state index contributed by atoms with van der Waals surface area (Å²) in [5.41, 5.74) is 10.9. The number of rotatable bonds is 9. The van der Waals surface area contributed by atoms with Gasteiger partial charge in [-0.15, -0.1) is 0 Å². The van der Waals surface area contributed by atoms with Crippen molar-refractivity contribution in [1.82, 2.24) is 20.0 Å². The number of ether oxygens (including phenoxy) is 3. The fraction of sp³-hybridized carbons (Fsp3) is 0.538. The highest BCUT2D eigenvalue weighted by Crippen LogP contribution is 2.36. The summed E-state index contributed by atoms with van der Waals surface area (Å²) < 4.78 is 16.7. The Morgan fingerprint density at radius 2 is 2.03 bits per heavy atom. The van der Waals surface area contributed by atoms with E-state index in [1.807, 2.05) is 25.1 Å². The summed E-state index contributed by atoms with van der Waals surface area (Å²) in [5.74, 6) is 6.61. The van der Waals surface area contributed by atoms with Crippen LogP contribution in [0, 0.1) is 12.8 Å². The molecule has 0 spiro atoms. The molecule has 2 fully saturated rings. The lowest BCUT2D eigenvalue weighted by atomic mass is 9.83. The van der Waals surface area contributed by atoms with Gasteiger partial charge in [0.15, 0.2) is 0 Å². The Hall–Kier alpha value is -3.24. The molecule has 36 heavy (non-hydrogen) atoms. The van der Waals surface area contributed by atoms with Gasteiger partial charge in [-0.05, 0) is 50.7 Å². The van der Waals surface area contributed by atoms with Gasteiger partial charge in [-0.1, -0.05) is 12.5 Å². The predicted octanol–water partition coefficient (Wildman–Crippen LogP) is 2.99. The van der Waals surface area contributed by atoms with Crippen molar-refractivity contribution in [2.75, 3.05) is 27.4 Å². The van der Waals surface area contributed by atoms with Crippen molar-refractivity contribution in [3.8, 4) is 6.01 Å². The number of pyridine rings is 1. The largest absolute Gasteiger partial charge is 0.469 e. The molecule has 1 saturated carbocycles. The van der Waals surface area contributed by atoms with Crippen LogP contribution in [0.1, 0.15) is 73.2 Å². The lowest BCUT2D eigenvalue weighted by Gasteiger charge is -2.30. The number of carbonyl (C=O) groups is 1. The molecule has 4 N–H and O–H groups in total. The highest BCUT2D eigenvalue weighted by Gasteiger charge is 2.28. The van der Waals surface area contributed by atoms with Gasteiger partial charge in [0.2, 0.25) is 0 Å². The molecule has 4 rings (SSSR count). The molecule has 0 amide bonds. The van der Waals surface area contributed by atoms with Gasteiger partial charge in [0.1, 0.15) is 6.61 Å². The summed E-state index contributed by atoms with van der Waals surface area (Å²) in [6, 6.07) is 6.10. The molecular weight excluding hydrogens is 460 g/mol. The molecule has 2 atom stereocenters. The second-order valence-corrected chi connectivity index (χ2v) is 9.55. The van der Waals surface area contributed by atoms with Crippen LogP contribution in [0.25, 0.3) is 5.70 Å². The number of aromatic nitrogens is 3. The molecule has 0 bridgehead atoms. The molecule has 194 valence electrons. The van der Waals surface area contributed by atoms with Crippen LogP contribution in [0.4, 0.5) is 0 Å². The minimum absolute atomic E-state index is 0.108. The first-order valence-corrected chi connectivity index (χ1v) is 12.4. The van der Waals surface area contributed by atoms with Gasteiger partial charge < -0.3 is 25.0 Å². The Kier molecular flexibility index (Phi) is 8.37. The summed E-state index contributed by atoms with van der Waals surface area (Å²) in [4.78, 5) is 25.2. The molecule has 10 nitrogen and oxygen atoms in total. The van der Waals surface area contributed by atoms with Crippen molar-refractivity contribution in [1.29, 1.82) is 0 Å². The third-order valence-corrected chi connectivity index (χ3v) is 7.08. The summed E-state index contributed by atoms with van der Waals surface area (Å²) in [5, 5.41) is 1.43. The van der Waals surface area contributed by atoms with Crippen LogP contribution in [0.3, 0.4) is 0 Å². The second-order valence-electron chi connectivity index (χ2n) is 9.55. The van der Waals surface area contributed by atoms with Crippen LogP contribution in [0.2, 0.25) is 0 Å². The topological polar surface area (TPSA) is 139 Å². The van der Waals surface area contributed by atoms with Gasteiger partial charge in [0.05, 0.1) is 36.0 Å². The van der Waals surface area contributed by atoms with E-state index in [2.05, 4.69) is 9.97 Å². The minimum atomic E-state index is -0.190. The van der Waals surface area contributed by atoms with Gasteiger partial charge in [-0.25, -0.2) is 10.8 Å². The van der Waals surface area contributed by atoms with E-state index in [0.29, 0.717) is 42.0 Å². The van der Waals surface area contributed by atoms with E-state index in [-0.39, 0.29) is 24.6 Å². The third kappa shape index (κ3) is 6.11. The number of aryl methyl sites for hydroxylation is 1. The molecule has 1 aliphatic carbocycles. The maximum atomic E-state index is 11.7. The van der Waals surface area contributed by atoms with Crippen molar-refractivity contribution < 1.29 is 19.0 Å². The van der Waals surface area contributed by atoms with Crippen molar-refractivity contribution in [3.63, 3.8) is 0 Å². The number of hydrazine groups is 1. The lowest BCUT2D eigenvalue weighted by molar-refractivity contribution is -0.143. The number of hydrogen-bond acceptors (Lipinski definition) is 10. The number of nitrogens with zero attached hydrogens (tertiary/aromatic N) is 4. The normalized spacial score (nSPS) is 20.8. The van der Waals surface area contributed by atoms with Crippen molar-refractivity contribution in [3.05, 3.63) is 52.7 Å². The van der Waals surface area contributed by atoms with Crippen molar-refractivity contribution in [2.45, 2.75) is 57.5 Å². The zero-order valence-electron chi connectivity index (χ0n) is 21.3. The number of nitrogens with two attached hydrogens (primary N) is 2. The Labute approximate surface area is 212 Å². The molecule has 1 saturated heterocycles. The quantitative estimate of drug-likeness (QED) is 0.302. The molecular formula is C26H36N6O4. The van der Waals surface area contributed by atoms with Gasteiger partial charge >= 0.3 is 12.0 Å². The Morgan fingerprint density at radius 1 is 1.22 bits per heavy atom. The fourth-order valence-electron chi connectivity index (χ4n) is 4.65. The maximum Gasteiger partial charge on any atom is 0.316 e. The van der Waals surface area contributed by atoms with Gasteiger partial charge in [0, 0.05) is 43.4 Å². The molecule has 2 aromatic rings. The highest BCUT2D eigenvalue weighted by atomic mass is 16.5. The number of hydrogen-bond donors (Lipinski definition) is 2. The smallest absolute Gasteiger partial charge is 0.316 e. The average Bonchev–Trinajstić information content (AvgIpc) is 2.83. The second kappa shape index (κ2) is 11.7. The van der Waals surface area contributed by atoms with E-state index >= 15 is 0 Å². The Bertz CT molecular complexity index is 1100. The van der Waals surface area contributed by atoms with Crippen molar-refractivity contribution in [2.24, 2.45) is 17.5 Å². The summed E-state index contributed by atoms with van der Waals surface area (Å²) in [6.45, 7) is 2.64. The van der Waals surface area contributed by atoms with Gasteiger partial charge in [0.25, 0.3) is 0 Å². The summed E-state index contributed by atoms with van der Waals surface area (Å²) >= 11 is 0. The van der Waals surface area contributed by atoms with E-state index in [9.17, 15) is 4.79 Å². The number of carbonyl (C=O) groups excluding carboxylic acids is 1. The van der Waals surface area contributed by atoms with Crippen LogP contribution in [-0.2, 0) is 14.3 Å². The fourth-order valence-corrected chi connectivity index (χ4v) is 4.65. The highest BCUT2D eigenvalue weighted by molar-refractivity contribution is 5.69. The van der Waals surface area contributed by atoms with Gasteiger partial charge in [-0.3, -0.25) is 9.78 Å². The molecule has 2 aromatic heterocycles.